The summed E-state index contributed by atoms with van der Waals surface area (Å²) in [5.41, 5.74) is 22.2. The van der Waals surface area contributed by atoms with E-state index in [0.29, 0.717) is 19.4 Å². The van der Waals surface area contributed by atoms with Gasteiger partial charge in [-0.3, -0.25) is 24.0 Å². The third-order valence-electron chi connectivity index (χ3n) is 5.09. The van der Waals surface area contributed by atoms with Crippen LogP contribution in [0.3, 0.4) is 0 Å². The molecule has 35 heavy (non-hydrogen) atoms. The summed E-state index contributed by atoms with van der Waals surface area (Å²) >= 11 is 0. The quantitative estimate of drug-likeness (QED) is 0.107. The minimum atomic E-state index is -1.35. The summed E-state index contributed by atoms with van der Waals surface area (Å²) in [6.07, 6.45) is 0.779. The van der Waals surface area contributed by atoms with Gasteiger partial charge in [0.15, 0.2) is 0 Å². The van der Waals surface area contributed by atoms with Crippen LogP contribution in [0.5, 0.6) is 0 Å². The highest BCUT2D eigenvalue weighted by molar-refractivity contribution is 5.95. The second-order valence-corrected chi connectivity index (χ2v) is 8.02. The molecule has 0 aliphatic rings. The van der Waals surface area contributed by atoms with Crippen molar-refractivity contribution in [2.24, 2.45) is 22.9 Å². The van der Waals surface area contributed by atoms with Crippen LogP contribution < -0.4 is 38.9 Å². The van der Waals surface area contributed by atoms with Crippen LogP contribution in [0.15, 0.2) is 30.3 Å². The Bertz CT molecular complexity index is 867. The lowest BCUT2D eigenvalue weighted by molar-refractivity contribution is -0.134. The lowest BCUT2D eigenvalue weighted by Gasteiger charge is -2.25. The predicted molar refractivity (Wildman–Crippen MR) is 127 cm³/mol. The summed E-state index contributed by atoms with van der Waals surface area (Å²) in [7, 11) is 0. The summed E-state index contributed by atoms with van der Waals surface area (Å²) in [6, 6.07) is 3.99. The van der Waals surface area contributed by atoms with E-state index in [1.54, 1.807) is 30.3 Å². The smallest absolute Gasteiger partial charge is 0.243 e. The third kappa shape index (κ3) is 10.9. The van der Waals surface area contributed by atoms with Gasteiger partial charge in [0.1, 0.15) is 24.2 Å². The molecule has 0 fully saturated rings. The van der Waals surface area contributed by atoms with Crippen LogP contribution in [0.4, 0.5) is 0 Å². The van der Waals surface area contributed by atoms with Crippen LogP contribution in [-0.4, -0.2) is 72.0 Å². The number of aliphatic hydroxyl groups excluding tert-OH is 1. The molecule has 13 heteroatoms. The van der Waals surface area contributed by atoms with Crippen LogP contribution in [0.2, 0.25) is 0 Å². The Kier molecular flexibility index (Phi) is 12.9. The van der Waals surface area contributed by atoms with Crippen molar-refractivity contribution in [3.8, 4) is 0 Å². The highest BCUT2D eigenvalue weighted by Crippen LogP contribution is 2.07. The van der Waals surface area contributed by atoms with Crippen LogP contribution in [0.25, 0.3) is 0 Å². The Hall–Kier alpha value is -3.55. The normalized spacial score (nSPS) is 14.1. The summed E-state index contributed by atoms with van der Waals surface area (Å²) in [5.74, 6) is -3.99. The molecule has 194 valence electrons. The molecule has 0 aliphatic heterocycles. The number of aliphatic hydroxyl groups is 1. The standard InChI is InChI=1S/C22H35N7O6/c23-9-5-4-8-15(21(34)28-16(19(26)32)11-18(25)31)27-22(35)17(29-20(33)14(24)12-30)10-13-6-2-1-3-7-13/h1-3,6-7,14-17,30H,4-5,8-12,23-24H2,(H2,25,31)(H2,26,32)(H,27,35)(H,28,34)(H,29,33)/t14-,15-,16-,17-/m0/s1. The number of carbonyl (C=O) groups excluding carboxylic acids is 5. The van der Waals surface area contributed by atoms with E-state index >= 15 is 0 Å². The minimum absolute atomic E-state index is 0.0826. The van der Waals surface area contributed by atoms with Crippen molar-refractivity contribution in [2.75, 3.05) is 13.2 Å². The highest BCUT2D eigenvalue weighted by atomic mass is 16.3. The fourth-order valence-electron chi connectivity index (χ4n) is 3.15. The lowest BCUT2D eigenvalue weighted by atomic mass is 10.0. The van der Waals surface area contributed by atoms with E-state index < -0.39 is 66.7 Å². The fraction of sp³-hybridized carbons (Fsp3) is 0.500. The molecule has 1 aromatic rings. The molecule has 0 radical (unpaired) electrons. The van der Waals surface area contributed by atoms with E-state index in [0.717, 1.165) is 5.56 Å². The average Bonchev–Trinajstić information content (AvgIpc) is 2.82. The highest BCUT2D eigenvalue weighted by Gasteiger charge is 2.30. The van der Waals surface area contributed by atoms with E-state index in [4.69, 9.17) is 28.0 Å². The molecule has 1 aromatic carbocycles. The zero-order chi connectivity index (χ0) is 26.4. The molecule has 0 aliphatic carbocycles. The molecule has 1 rings (SSSR count). The maximum Gasteiger partial charge on any atom is 0.243 e. The summed E-state index contributed by atoms with van der Waals surface area (Å²) < 4.78 is 0. The van der Waals surface area contributed by atoms with Crippen molar-refractivity contribution in [1.29, 1.82) is 0 Å². The van der Waals surface area contributed by atoms with Crippen molar-refractivity contribution < 1.29 is 29.1 Å². The largest absolute Gasteiger partial charge is 0.394 e. The second-order valence-electron chi connectivity index (χ2n) is 8.02. The molecular formula is C22H35N7O6. The van der Waals surface area contributed by atoms with Gasteiger partial charge in [0, 0.05) is 6.42 Å². The van der Waals surface area contributed by atoms with E-state index in [9.17, 15) is 24.0 Å². The van der Waals surface area contributed by atoms with Gasteiger partial charge in [-0.2, -0.15) is 0 Å². The zero-order valence-corrected chi connectivity index (χ0v) is 19.4. The van der Waals surface area contributed by atoms with Crippen molar-refractivity contribution in [3.63, 3.8) is 0 Å². The van der Waals surface area contributed by atoms with E-state index in [-0.39, 0.29) is 12.8 Å². The molecule has 0 unspecified atom stereocenters. The van der Waals surface area contributed by atoms with E-state index in [1.165, 1.54) is 0 Å². The van der Waals surface area contributed by atoms with Crippen molar-refractivity contribution in [1.82, 2.24) is 16.0 Å². The monoisotopic (exact) mass is 493 g/mol. The Balaban J connectivity index is 3.08. The minimum Gasteiger partial charge on any atom is -0.394 e. The Morgan fingerprint density at radius 3 is 1.94 bits per heavy atom. The molecule has 0 bridgehead atoms. The van der Waals surface area contributed by atoms with Gasteiger partial charge in [-0.1, -0.05) is 30.3 Å². The topological polar surface area (TPSA) is 246 Å². The first-order valence-corrected chi connectivity index (χ1v) is 11.2. The van der Waals surface area contributed by atoms with Gasteiger partial charge in [-0.25, -0.2) is 0 Å². The summed E-state index contributed by atoms with van der Waals surface area (Å²) in [6.45, 7) is -0.260. The lowest BCUT2D eigenvalue weighted by Crippen LogP contribution is -2.58. The number of amides is 5. The fourth-order valence-corrected chi connectivity index (χ4v) is 3.15. The van der Waals surface area contributed by atoms with Gasteiger partial charge < -0.3 is 44.0 Å². The first kappa shape index (κ1) is 29.5. The SMILES string of the molecule is NCCCC[C@H](NC(=O)[C@H](Cc1ccccc1)NC(=O)[C@@H](N)CO)C(=O)N[C@@H](CC(N)=O)C(N)=O. The number of nitrogens with two attached hydrogens (primary N) is 4. The number of hydrogen-bond donors (Lipinski definition) is 8. The molecule has 0 heterocycles. The maximum absolute atomic E-state index is 13.1. The number of benzene rings is 1. The third-order valence-corrected chi connectivity index (χ3v) is 5.09. The maximum atomic E-state index is 13.1. The summed E-state index contributed by atoms with van der Waals surface area (Å²) in [4.78, 5) is 61.1. The van der Waals surface area contributed by atoms with Crippen molar-refractivity contribution in [2.45, 2.75) is 56.3 Å². The Labute approximate surface area is 203 Å². The number of nitrogens with one attached hydrogen (secondary N) is 3. The second kappa shape index (κ2) is 15.4. The van der Waals surface area contributed by atoms with Gasteiger partial charge in [0.2, 0.25) is 29.5 Å². The molecule has 0 saturated carbocycles. The zero-order valence-electron chi connectivity index (χ0n) is 19.4. The molecule has 0 saturated heterocycles. The van der Waals surface area contributed by atoms with Gasteiger partial charge in [0.05, 0.1) is 13.0 Å². The number of carbonyl (C=O) groups is 5. The number of hydrogen-bond acceptors (Lipinski definition) is 8. The molecule has 13 nitrogen and oxygen atoms in total. The predicted octanol–water partition coefficient (Wildman–Crippen LogP) is -3.51. The van der Waals surface area contributed by atoms with Gasteiger partial charge >= 0.3 is 0 Å². The van der Waals surface area contributed by atoms with Crippen LogP contribution in [0.1, 0.15) is 31.2 Å². The number of unbranched alkanes of at least 4 members (excludes halogenated alkanes) is 1. The Morgan fingerprint density at radius 2 is 1.40 bits per heavy atom. The summed E-state index contributed by atoms with van der Waals surface area (Å²) in [5, 5.41) is 16.6. The van der Waals surface area contributed by atoms with E-state index in [2.05, 4.69) is 16.0 Å². The molecule has 5 amide bonds. The van der Waals surface area contributed by atoms with E-state index in [1.807, 2.05) is 0 Å². The Morgan fingerprint density at radius 1 is 0.829 bits per heavy atom. The molecule has 12 N–H and O–H groups in total. The van der Waals surface area contributed by atoms with Crippen molar-refractivity contribution >= 4 is 29.5 Å². The van der Waals surface area contributed by atoms with Gasteiger partial charge in [-0.15, -0.1) is 0 Å². The van der Waals surface area contributed by atoms with Gasteiger partial charge in [0.25, 0.3) is 0 Å². The number of rotatable bonds is 16. The number of primary amides is 2. The van der Waals surface area contributed by atoms with Crippen molar-refractivity contribution in [3.05, 3.63) is 35.9 Å². The average molecular weight is 494 g/mol. The van der Waals surface area contributed by atoms with Gasteiger partial charge in [-0.05, 0) is 31.4 Å². The first-order valence-electron chi connectivity index (χ1n) is 11.2. The van der Waals surface area contributed by atoms with Crippen LogP contribution in [-0.2, 0) is 30.4 Å². The molecular weight excluding hydrogens is 458 g/mol. The molecule has 0 spiro atoms. The molecule has 0 aromatic heterocycles. The van der Waals surface area contributed by atoms with Crippen LogP contribution >= 0.6 is 0 Å². The van der Waals surface area contributed by atoms with Crippen LogP contribution in [0, 0.1) is 0 Å². The first-order chi connectivity index (χ1) is 16.6. The molecule has 4 atom stereocenters.